The molecule has 0 aromatic carbocycles. The van der Waals surface area contributed by atoms with Crippen molar-refractivity contribution in [2.24, 2.45) is 5.92 Å². The lowest BCUT2D eigenvalue weighted by atomic mass is 10.2. The van der Waals surface area contributed by atoms with Crippen LogP contribution in [0.4, 0.5) is 0 Å². The first kappa shape index (κ1) is 18.2. The van der Waals surface area contributed by atoms with E-state index in [2.05, 4.69) is 27.7 Å². The van der Waals surface area contributed by atoms with Crippen LogP contribution in [0.1, 0.15) is 79.1 Å². The summed E-state index contributed by atoms with van der Waals surface area (Å²) in [6.07, 6.45) is 13.1. The number of rotatable bonds is 12. The molecule has 0 aromatic heterocycles. The fourth-order valence-corrected chi connectivity index (χ4v) is 6.13. The van der Waals surface area contributed by atoms with Crippen LogP contribution in [0.3, 0.4) is 0 Å². The first-order valence-electron chi connectivity index (χ1n) is 8.11. The molecule has 18 heavy (non-hydrogen) atoms. The monoisotopic (exact) mass is 274 g/mol. The van der Waals surface area contributed by atoms with Crippen molar-refractivity contribution in [3.63, 3.8) is 0 Å². The fraction of sp³-hybridized carbons (Fsp3) is 1.00. The maximum Gasteiger partial charge on any atom is 0.0880 e. The third-order valence-corrected chi connectivity index (χ3v) is 7.19. The zero-order valence-corrected chi connectivity index (χ0v) is 14.1. The van der Waals surface area contributed by atoms with Crippen LogP contribution in [0.25, 0.3) is 0 Å². The molecule has 0 fully saturated rings. The van der Waals surface area contributed by atoms with E-state index in [0.717, 1.165) is 18.5 Å². The zero-order chi connectivity index (χ0) is 13.9. The van der Waals surface area contributed by atoms with Crippen LogP contribution in [0.2, 0.25) is 0 Å². The molecule has 1 nitrogen and oxygen atoms in total. The summed E-state index contributed by atoms with van der Waals surface area (Å²) in [4.78, 5) is 0. The molecular formula is C16H35OP. The molecule has 0 saturated heterocycles. The second kappa shape index (κ2) is 11.1. The third-order valence-electron chi connectivity index (χ3n) is 3.54. The van der Waals surface area contributed by atoms with Gasteiger partial charge in [0.1, 0.15) is 0 Å². The Hall–Kier alpha value is 0.230. The summed E-state index contributed by atoms with van der Waals surface area (Å²) in [6.45, 7) is 8.90. The van der Waals surface area contributed by atoms with E-state index >= 15 is 0 Å². The van der Waals surface area contributed by atoms with E-state index in [1.165, 1.54) is 51.4 Å². The molecule has 0 saturated carbocycles. The molecule has 2 heteroatoms. The summed E-state index contributed by atoms with van der Waals surface area (Å²) in [7, 11) is -1.86. The van der Waals surface area contributed by atoms with Crippen molar-refractivity contribution in [1.29, 1.82) is 0 Å². The van der Waals surface area contributed by atoms with Crippen molar-refractivity contribution >= 4 is 7.14 Å². The number of hydrogen-bond donors (Lipinski definition) is 0. The maximum atomic E-state index is 12.9. The third kappa shape index (κ3) is 10.2. The van der Waals surface area contributed by atoms with Gasteiger partial charge in [-0.15, -0.1) is 0 Å². The van der Waals surface area contributed by atoms with Crippen molar-refractivity contribution < 1.29 is 4.57 Å². The Labute approximate surface area is 116 Å². The van der Waals surface area contributed by atoms with Crippen LogP contribution in [0, 0.1) is 5.92 Å². The van der Waals surface area contributed by atoms with Crippen molar-refractivity contribution in [2.45, 2.75) is 79.1 Å². The highest BCUT2D eigenvalue weighted by Gasteiger charge is 2.22. The van der Waals surface area contributed by atoms with E-state index in [-0.39, 0.29) is 0 Å². The Bertz CT molecular complexity index is 207. The Balaban J connectivity index is 4.03. The quantitative estimate of drug-likeness (QED) is 0.307. The van der Waals surface area contributed by atoms with Gasteiger partial charge in [0, 0.05) is 18.5 Å². The van der Waals surface area contributed by atoms with Gasteiger partial charge in [0.2, 0.25) is 0 Å². The average Bonchev–Trinajstić information content (AvgIpc) is 2.30. The molecule has 110 valence electrons. The molecule has 0 radical (unpaired) electrons. The number of unbranched alkanes of at least 4 members (excludes halogenated alkanes) is 6. The molecule has 0 aliphatic carbocycles. The van der Waals surface area contributed by atoms with E-state index in [1.807, 2.05) is 0 Å². The first-order valence-corrected chi connectivity index (χ1v) is 10.4. The predicted octanol–water partition coefficient (Wildman–Crippen LogP) is 6.17. The van der Waals surface area contributed by atoms with Crippen LogP contribution in [-0.2, 0) is 4.57 Å². The molecule has 0 amide bonds. The standard InChI is InChI=1S/C16H35OP/c1-5-7-9-11-13-18(17,15-16(3)4)14-12-10-8-6-2/h16H,5-15H2,1-4H3. The number of hydrogen-bond acceptors (Lipinski definition) is 1. The topological polar surface area (TPSA) is 17.1 Å². The Morgan fingerprint density at radius 1 is 0.778 bits per heavy atom. The molecule has 0 N–H and O–H groups in total. The van der Waals surface area contributed by atoms with E-state index < -0.39 is 7.14 Å². The summed E-state index contributed by atoms with van der Waals surface area (Å²) >= 11 is 0. The predicted molar refractivity (Wildman–Crippen MR) is 85.3 cm³/mol. The highest BCUT2D eigenvalue weighted by molar-refractivity contribution is 7.63. The van der Waals surface area contributed by atoms with E-state index in [4.69, 9.17) is 0 Å². The second-order valence-electron chi connectivity index (χ2n) is 6.20. The van der Waals surface area contributed by atoms with E-state index in [0.29, 0.717) is 5.92 Å². The molecule has 0 bridgehead atoms. The lowest BCUT2D eigenvalue weighted by Gasteiger charge is -2.20. The normalized spacial score (nSPS) is 12.3. The lowest BCUT2D eigenvalue weighted by Crippen LogP contribution is -2.06. The summed E-state index contributed by atoms with van der Waals surface area (Å²) in [5.41, 5.74) is 0. The molecule has 0 unspecified atom stereocenters. The molecule has 0 aliphatic heterocycles. The molecule has 0 aliphatic rings. The Morgan fingerprint density at radius 2 is 1.22 bits per heavy atom. The summed E-state index contributed by atoms with van der Waals surface area (Å²) in [6, 6.07) is 0. The summed E-state index contributed by atoms with van der Waals surface area (Å²) in [5, 5.41) is 0. The van der Waals surface area contributed by atoms with Crippen LogP contribution in [-0.4, -0.2) is 18.5 Å². The van der Waals surface area contributed by atoms with Gasteiger partial charge in [0.25, 0.3) is 0 Å². The first-order chi connectivity index (χ1) is 8.54. The van der Waals surface area contributed by atoms with Gasteiger partial charge in [0.15, 0.2) is 0 Å². The molecule has 0 heterocycles. The highest BCUT2D eigenvalue weighted by Crippen LogP contribution is 2.49. The van der Waals surface area contributed by atoms with E-state index in [1.54, 1.807) is 0 Å². The van der Waals surface area contributed by atoms with Crippen LogP contribution >= 0.6 is 7.14 Å². The summed E-state index contributed by atoms with van der Waals surface area (Å²) < 4.78 is 12.9. The van der Waals surface area contributed by atoms with Gasteiger partial charge >= 0.3 is 0 Å². The Morgan fingerprint density at radius 3 is 1.56 bits per heavy atom. The van der Waals surface area contributed by atoms with Gasteiger partial charge in [0.05, 0.1) is 7.14 Å². The molecule has 0 spiro atoms. The van der Waals surface area contributed by atoms with Crippen molar-refractivity contribution in [3.05, 3.63) is 0 Å². The van der Waals surface area contributed by atoms with E-state index in [9.17, 15) is 4.57 Å². The van der Waals surface area contributed by atoms with Crippen molar-refractivity contribution in [3.8, 4) is 0 Å². The largest absolute Gasteiger partial charge is 0.324 e. The molecule has 0 aromatic rings. The minimum atomic E-state index is -1.86. The lowest BCUT2D eigenvalue weighted by molar-refractivity contribution is 0.556. The van der Waals surface area contributed by atoms with Crippen LogP contribution < -0.4 is 0 Å². The minimum absolute atomic E-state index is 0.591. The van der Waals surface area contributed by atoms with Crippen molar-refractivity contribution in [1.82, 2.24) is 0 Å². The maximum absolute atomic E-state index is 12.9. The molecular weight excluding hydrogens is 239 g/mol. The van der Waals surface area contributed by atoms with Gasteiger partial charge in [-0.3, -0.25) is 0 Å². The van der Waals surface area contributed by atoms with Gasteiger partial charge in [-0.2, -0.15) is 0 Å². The van der Waals surface area contributed by atoms with Gasteiger partial charge in [-0.25, -0.2) is 0 Å². The van der Waals surface area contributed by atoms with Gasteiger partial charge in [-0.1, -0.05) is 66.2 Å². The highest BCUT2D eigenvalue weighted by atomic mass is 31.2. The van der Waals surface area contributed by atoms with Crippen LogP contribution in [0.5, 0.6) is 0 Å². The summed E-state index contributed by atoms with van der Waals surface area (Å²) in [5.74, 6) is 0.591. The van der Waals surface area contributed by atoms with Crippen molar-refractivity contribution in [2.75, 3.05) is 18.5 Å². The zero-order valence-electron chi connectivity index (χ0n) is 13.2. The average molecular weight is 274 g/mol. The fourth-order valence-electron chi connectivity index (χ4n) is 2.61. The second-order valence-corrected chi connectivity index (χ2v) is 9.58. The molecule has 0 atom stereocenters. The minimum Gasteiger partial charge on any atom is -0.324 e. The van der Waals surface area contributed by atoms with Crippen LogP contribution in [0.15, 0.2) is 0 Å². The molecule has 0 rings (SSSR count). The SMILES string of the molecule is CCCCCCP(=O)(CCCCCC)CC(C)C. The van der Waals surface area contributed by atoms with Gasteiger partial charge in [-0.05, 0) is 18.8 Å². The Kier molecular flexibility index (Phi) is 11.2. The van der Waals surface area contributed by atoms with Gasteiger partial charge < -0.3 is 4.57 Å². The smallest absolute Gasteiger partial charge is 0.0880 e.